The van der Waals surface area contributed by atoms with Crippen molar-refractivity contribution in [1.82, 2.24) is 10.6 Å². The topological polar surface area (TPSA) is 88.7 Å². The summed E-state index contributed by atoms with van der Waals surface area (Å²) in [7, 11) is 0. The number of primary amides is 1. The summed E-state index contributed by atoms with van der Waals surface area (Å²) in [5, 5.41) is 6.97. The second-order valence-electron chi connectivity index (χ2n) is 4.28. The highest BCUT2D eigenvalue weighted by Crippen LogP contribution is 2.31. The van der Waals surface area contributed by atoms with Gasteiger partial charge in [0, 0.05) is 25.5 Å². The van der Waals surface area contributed by atoms with Gasteiger partial charge in [-0.3, -0.25) is 4.99 Å². The van der Waals surface area contributed by atoms with Crippen LogP contribution >= 0.6 is 11.8 Å². The monoisotopic (exact) mass is 258 g/mol. The van der Waals surface area contributed by atoms with Gasteiger partial charge in [-0.05, 0) is 12.8 Å². The average Bonchev–Trinajstić information content (AvgIpc) is 2.69. The summed E-state index contributed by atoms with van der Waals surface area (Å²) >= 11 is 1.75. The number of thioether (sulfide) groups is 1. The van der Waals surface area contributed by atoms with Crippen LogP contribution in [-0.4, -0.2) is 48.8 Å². The van der Waals surface area contributed by atoms with E-state index in [2.05, 4.69) is 15.6 Å². The van der Waals surface area contributed by atoms with Crippen LogP contribution in [0.4, 0.5) is 4.79 Å². The molecule has 0 aromatic heterocycles. The van der Waals surface area contributed by atoms with Crippen LogP contribution in [0.3, 0.4) is 0 Å². The first-order valence-electron chi connectivity index (χ1n) is 5.77. The maximum absolute atomic E-state index is 10.5. The van der Waals surface area contributed by atoms with Gasteiger partial charge in [0.25, 0.3) is 0 Å². The van der Waals surface area contributed by atoms with Crippen LogP contribution < -0.4 is 16.4 Å². The first kappa shape index (κ1) is 12.5. The lowest BCUT2D eigenvalue weighted by Crippen LogP contribution is -2.48. The summed E-state index contributed by atoms with van der Waals surface area (Å²) in [5.74, 6) is 1.05. The molecule has 0 bridgehead atoms. The lowest BCUT2D eigenvalue weighted by atomic mass is 9.93. The third kappa shape index (κ3) is 3.50. The quantitative estimate of drug-likeness (QED) is 0.617. The number of carbonyl (C=O) groups is 1. The maximum atomic E-state index is 10.5. The Balaban J connectivity index is 1.76. The molecule has 0 atom stereocenters. The second-order valence-corrected chi connectivity index (χ2v) is 5.25. The summed E-state index contributed by atoms with van der Waals surface area (Å²) in [6.07, 6.45) is 2.08. The van der Waals surface area contributed by atoms with Crippen molar-refractivity contribution in [2.75, 3.05) is 32.1 Å². The maximum Gasteiger partial charge on any atom is 0.312 e. The lowest BCUT2D eigenvalue weighted by Gasteiger charge is -2.32. The fourth-order valence-corrected chi connectivity index (χ4v) is 3.20. The summed E-state index contributed by atoms with van der Waals surface area (Å²) in [6, 6.07) is -0.502. The van der Waals surface area contributed by atoms with Crippen molar-refractivity contribution in [3.63, 3.8) is 0 Å². The molecule has 2 aliphatic heterocycles. The molecule has 6 nitrogen and oxygen atoms in total. The summed E-state index contributed by atoms with van der Waals surface area (Å²) in [4.78, 5) is 14.9. The summed E-state index contributed by atoms with van der Waals surface area (Å²) < 4.78 is 5.37. The van der Waals surface area contributed by atoms with Gasteiger partial charge < -0.3 is 21.1 Å². The van der Waals surface area contributed by atoms with Crippen LogP contribution in [0.5, 0.6) is 0 Å². The molecule has 2 heterocycles. The van der Waals surface area contributed by atoms with Crippen LogP contribution in [0.25, 0.3) is 0 Å². The van der Waals surface area contributed by atoms with Crippen molar-refractivity contribution in [2.45, 2.75) is 18.4 Å². The largest absolute Gasteiger partial charge is 0.381 e. The number of nitrogens with two attached hydrogens (primary N) is 1. The van der Waals surface area contributed by atoms with Gasteiger partial charge in [-0.2, -0.15) is 0 Å². The molecule has 0 unspecified atom stereocenters. The predicted molar refractivity (Wildman–Crippen MR) is 68.3 cm³/mol. The van der Waals surface area contributed by atoms with Crippen molar-refractivity contribution < 1.29 is 9.53 Å². The molecule has 1 spiro atoms. The van der Waals surface area contributed by atoms with E-state index in [1.54, 1.807) is 11.8 Å². The molecular formula is C10H18N4O2S. The van der Waals surface area contributed by atoms with Crippen molar-refractivity contribution in [1.29, 1.82) is 0 Å². The van der Waals surface area contributed by atoms with Crippen molar-refractivity contribution in [3.8, 4) is 0 Å². The number of amides is 2. The Bertz CT molecular complexity index is 315. The molecule has 0 saturated carbocycles. The lowest BCUT2D eigenvalue weighted by molar-refractivity contribution is 0.0555. The molecule has 2 fully saturated rings. The molecule has 4 N–H and O–H groups in total. The van der Waals surface area contributed by atoms with E-state index in [1.807, 2.05) is 0 Å². The Kier molecular flexibility index (Phi) is 4.11. The number of nitrogens with zero attached hydrogens (tertiary/aromatic N) is 1. The molecule has 0 radical (unpaired) electrons. The molecule has 0 aromatic rings. The molecule has 0 aromatic carbocycles. The van der Waals surface area contributed by atoms with E-state index in [9.17, 15) is 4.79 Å². The zero-order valence-corrected chi connectivity index (χ0v) is 10.5. The van der Waals surface area contributed by atoms with Crippen molar-refractivity contribution >= 4 is 23.0 Å². The molecule has 0 aliphatic carbocycles. The summed E-state index contributed by atoms with van der Waals surface area (Å²) in [6.45, 7) is 2.69. The third-order valence-electron chi connectivity index (χ3n) is 2.97. The average molecular weight is 258 g/mol. The molecule has 7 heteroatoms. The standard InChI is InChI=1S/C10H18N4O2S/c11-8(15)12-3-4-13-9-14-10(7-17-9)1-5-16-6-2-10/h1-7H2,(H,13,14)(H3,11,12,15). The molecule has 2 aliphatic rings. The van der Waals surface area contributed by atoms with Gasteiger partial charge >= 0.3 is 6.03 Å². The van der Waals surface area contributed by atoms with Crippen LogP contribution in [-0.2, 0) is 4.74 Å². The Morgan fingerprint density at radius 2 is 2.35 bits per heavy atom. The van der Waals surface area contributed by atoms with E-state index < -0.39 is 6.03 Å². The number of hydrogen-bond donors (Lipinski definition) is 3. The zero-order valence-electron chi connectivity index (χ0n) is 9.70. The number of carbonyl (C=O) groups excluding carboxylic acids is 1. The number of nitrogens with one attached hydrogen (secondary N) is 2. The Labute approximate surface area is 105 Å². The van der Waals surface area contributed by atoms with E-state index in [-0.39, 0.29) is 5.54 Å². The van der Waals surface area contributed by atoms with E-state index in [4.69, 9.17) is 10.5 Å². The van der Waals surface area contributed by atoms with E-state index >= 15 is 0 Å². The zero-order chi connectivity index (χ0) is 12.1. The number of rotatable bonds is 3. The number of aliphatic imine (C=N–C) groups is 1. The van der Waals surface area contributed by atoms with Gasteiger partial charge in [-0.25, -0.2) is 4.79 Å². The molecule has 2 saturated heterocycles. The minimum atomic E-state index is -0.502. The number of ether oxygens (including phenoxy) is 1. The van der Waals surface area contributed by atoms with Gasteiger partial charge in [0.1, 0.15) is 0 Å². The number of urea groups is 1. The number of amidine groups is 1. The summed E-state index contributed by atoms with van der Waals surface area (Å²) in [5.41, 5.74) is 5.14. The fraction of sp³-hybridized carbons (Fsp3) is 0.800. The molecule has 17 heavy (non-hydrogen) atoms. The highest BCUT2D eigenvalue weighted by molar-refractivity contribution is 8.14. The minimum absolute atomic E-state index is 0.179. The van der Waals surface area contributed by atoms with Crippen LogP contribution in [0.15, 0.2) is 4.99 Å². The van der Waals surface area contributed by atoms with Crippen LogP contribution in [0, 0.1) is 0 Å². The Morgan fingerprint density at radius 1 is 1.59 bits per heavy atom. The van der Waals surface area contributed by atoms with Crippen LogP contribution in [0.1, 0.15) is 12.8 Å². The minimum Gasteiger partial charge on any atom is -0.381 e. The van der Waals surface area contributed by atoms with Crippen molar-refractivity contribution in [2.24, 2.45) is 10.7 Å². The van der Waals surface area contributed by atoms with E-state index in [0.717, 1.165) is 37.0 Å². The SMILES string of the molecule is NC(=O)NCCN=C1NC2(CCOCC2)CS1. The Hall–Kier alpha value is -0.950. The first-order chi connectivity index (χ1) is 8.20. The van der Waals surface area contributed by atoms with Gasteiger partial charge in [0.05, 0.1) is 12.1 Å². The predicted octanol–water partition coefficient (Wildman–Crippen LogP) is -0.104. The van der Waals surface area contributed by atoms with Gasteiger partial charge in [-0.1, -0.05) is 11.8 Å². The number of hydrogen-bond acceptors (Lipinski definition) is 4. The normalized spacial score (nSPS) is 24.8. The smallest absolute Gasteiger partial charge is 0.312 e. The van der Waals surface area contributed by atoms with Gasteiger partial charge in [-0.15, -0.1) is 0 Å². The molecule has 2 rings (SSSR count). The Morgan fingerprint density at radius 3 is 3.06 bits per heavy atom. The third-order valence-corrected chi connectivity index (χ3v) is 4.18. The molecular weight excluding hydrogens is 240 g/mol. The fourth-order valence-electron chi connectivity index (χ4n) is 1.96. The first-order valence-corrected chi connectivity index (χ1v) is 6.75. The second kappa shape index (κ2) is 5.59. The van der Waals surface area contributed by atoms with Crippen LogP contribution in [0.2, 0.25) is 0 Å². The highest BCUT2D eigenvalue weighted by atomic mass is 32.2. The molecule has 2 amide bonds. The van der Waals surface area contributed by atoms with Crippen molar-refractivity contribution in [3.05, 3.63) is 0 Å². The molecule has 96 valence electrons. The van der Waals surface area contributed by atoms with E-state index in [0.29, 0.717) is 13.1 Å². The van der Waals surface area contributed by atoms with Gasteiger partial charge in [0.15, 0.2) is 5.17 Å². The highest BCUT2D eigenvalue weighted by Gasteiger charge is 2.38. The van der Waals surface area contributed by atoms with E-state index in [1.165, 1.54) is 0 Å². The van der Waals surface area contributed by atoms with Gasteiger partial charge in [0.2, 0.25) is 0 Å².